The van der Waals surface area contributed by atoms with Crippen LogP contribution in [0.15, 0.2) is 0 Å². The van der Waals surface area contributed by atoms with Gasteiger partial charge in [-0.1, -0.05) is 13.8 Å². The van der Waals surface area contributed by atoms with E-state index in [1.54, 1.807) is 13.8 Å². The number of hydrogen-bond acceptors (Lipinski definition) is 4. The van der Waals surface area contributed by atoms with Crippen molar-refractivity contribution in [1.82, 2.24) is 0 Å². The van der Waals surface area contributed by atoms with Gasteiger partial charge in [-0.15, -0.1) is 0 Å². The molecule has 14 heavy (non-hydrogen) atoms. The molecule has 0 saturated carbocycles. The first-order valence-corrected chi connectivity index (χ1v) is 6.05. The molecule has 0 bridgehead atoms. The summed E-state index contributed by atoms with van der Waals surface area (Å²) in [6.45, 7) is 7.11. The fourth-order valence-electron chi connectivity index (χ4n) is 0.615. The standard InChI is InChI=1S/C8H19O4P.Zn/c1-5-7(3)11-13(9,10)12-8(4)6-2;/h7-8H,5-6H2,1-4H3,(H,9,10);/p-1. The molecule has 0 aromatic rings. The Morgan fingerprint density at radius 1 is 1.14 bits per heavy atom. The molecule has 0 rings (SSSR count). The van der Waals surface area contributed by atoms with Crippen molar-refractivity contribution in [2.24, 2.45) is 0 Å². The Kier molecular flexibility index (Phi) is 9.74. The third-order valence-electron chi connectivity index (χ3n) is 1.77. The third-order valence-corrected chi connectivity index (χ3v) is 3.00. The Morgan fingerprint density at radius 3 is 1.64 bits per heavy atom. The van der Waals surface area contributed by atoms with Crippen molar-refractivity contribution in [3.8, 4) is 0 Å². The van der Waals surface area contributed by atoms with Crippen LogP contribution in [0.5, 0.6) is 0 Å². The molecule has 82 valence electrons. The van der Waals surface area contributed by atoms with Crippen molar-refractivity contribution >= 4 is 7.82 Å². The molecule has 0 fully saturated rings. The molecule has 0 heterocycles. The van der Waals surface area contributed by atoms with E-state index >= 15 is 0 Å². The predicted molar refractivity (Wildman–Crippen MR) is 49.3 cm³/mol. The zero-order valence-corrected chi connectivity index (χ0v) is 13.2. The van der Waals surface area contributed by atoms with Gasteiger partial charge in [-0.25, -0.2) is 0 Å². The van der Waals surface area contributed by atoms with Crippen LogP contribution in [0.4, 0.5) is 0 Å². The zero-order chi connectivity index (χ0) is 10.5. The van der Waals surface area contributed by atoms with Crippen LogP contribution in [-0.4, -0.2) is 12.2 Å². The monoisotopic (exact) mass is 273 g/mol. The normalized spacial score (nSPS) is 19.2. The smallest absolute Gasteiger partial charge is 0.268 e. The predicted octanol–water partition coefficient (Wildman–Crippen LogP) is 2.08. The molecule has 0 aliphatic heterocycles. The van der Waals surface area contributed by atoms with E-state index in [-0.39, 0.29) is 31.7 Å². The fraction of sp³-hybridized carbons (Fsp3) is 1.00. The Balaban J connectivity index is 0. The molecule has 2 unspecified atom stereocenters. The molecule has 4 nitrogen and oxygen atoms in total. The van der Waals surface area contributed by atoms with Crippen LogP contribution >= 0.6 is 7.82 Å². The number of hydrogen-bond donors (Lipinski definition) is 0. The SMILES string of the molecule is CCC(C)OP(=O)([O-])OC(C)CC.[Zn]. The summed E-state index contributed by atoms with van der Waals surface area (Å²) < 4.78 is 20.6. The average molecular weight is 275 g/mol. The first-order chi connectivity index (χ1) is 5.91. The van der Waals surface area contributed by atoms with E-state index in [9.17, 15) is 9.46 Å². The second-order valence-corrected chi connectivity index (χ2v) is 4.41. The molecule has 0 spiro atoms. The van der Waals surface area contributed by atoms with Crippen LogP contribution in [0.2, 0.25) is 0 Å². The zero-order valence-electron chi connectivity index (χ0n) is 9.36. The van der Waals surface area contributed by atoms with E-state index in [1.807, 2.05) is 13.8 Å². The molecule has 2 atom stereocenters. The van der Waals surface area contributed by atoms with E-state index in [1.165, 1.54) is 0 Å². The van der Waals surface area contributed by atoms with Gasteiger partial charge in [0.2, 0.25) is 0 Å². The van der Waals surface area contributed by atoms with Crippen LogP contribution in [0, 0.1) is 0 Å². The van der Waals surface area contributed by atoms with Crippen molar-refractivity contribution in [1.29, 1.82) is 0 Å². The molecular formula is C8H18O4PZn-. The fourth-order valence-corrected chi connectivity index (χ4v) is 1.84. The van der Waals surface area contributed by atoms with Crippen molar-refractivity contribution in [2.45, 2.75) is 52.7 Å². The maximum Gasteiger partial charge on any atom is 0.268 e. The molecular weight excluding hydrogens is 256 g/mol. The van der Waals surface area contributed by atoms with Gasteiger partial charge in [0.1, 0.15) is 0 Å². The van der Waals surface area contributed by atoms with E-state index in [0.29, 0.717) is 12.8 Å². The van der Waals surface area contributed by atoms with E-state index < -0.39 is 7.82 Å². The Labute approximate surface area is 98.7 Å². The first kappa shape index (κ1) is 17.1. The summed E-state index contributed by atoms with van der Waals surface area (Å²) in [6, 6.07) is 0. The van der Waals surface area contributed by atoms with E-state index in [0.717, 1.165) is 0 Å². The first-order valence-electron chi connectivity index (χ1n) is 4.59. The Morgan fingerprint density at radius 2 is 1.43 bits per heavy atom. The number of phosphoric acid groups is 1. The van der Waals surface area contributed by atoms with Gasteiger partial charge in [-0.3, -0.25) is 4.57 Å². The molecule has 0 amide bonds. The van der Waals surface area contributed by atoms with Gasteiger partial charge in [0, 0.05) is 19.5 Å². The molecule has 0 aliphatic carbocycles. The van der Waals surface area contributed by atoms with Crippen LogP contribution in [0.25, 0.3) is 0 Å². The summed E-state index contributed by atoms with van der Waals surface area (Å²) >= 11 is 0. The maximum absolute atomic E-state index is 11.2. The summed E-state index contributed by atoms with van der Waals surface area (Å²) in [4.78, 5) is 11.2. The third kappa shape index (κ3) is 8.08. The largest absolute Gasteiger partial charge is 0.756 e. The van der Waals surface area contributed by atoms with Gasteiger partial charge in [-0.2, -0.15) is 0 Å². The van der Waals surface area contributed by atoms with Crippen LogP contribution < -0.4 is 4.89 Å². The Bertz CT molecular complexity index is 172. The molecule has 0 radical (unpaired) electrons. The summed E-state index contributed by atoms with van der Waals surface area (Å²) in [5, 5.41) is 0. The quantitative estimate of drug-likeness (QED) is 0.550. The molecule has 0 aromatic carbocycles. The summed E-state index contributed by atoms with van der Waals surface area (Å²) in [7, 11) is -4.09. The molecule has 6 heteroatoms. The van der Waals surface area contributed by atoms with E-state index in [4.69, 9.17) is 9.05 Å². The van der Waals surface area contributed by atoms with Gasteiger partial charge in [0.15, 0.2) is 0 Å². The number of rotatable bonds is 6. The van der Waals surface area contributed by atoms with Gasteiger partial charge >= 0.3 is 0 Å². The summed E-state index contributed by atoms with van der Waals surface area (Å²) in [5.41, 5.74) is 0. The van der Waals surface area contributed by atoms with Crippen LogP contribution in [0.1, 0.15) is 40.5 Å². The summed E-state index contributed by atoms with van der Waals surface area (Å²) in [6.07, 6.45) is 0.673. The second-order valence-electron chi connectivity index (χ2n) is 3.10. The minimum absolute atomic E-state index is 0. The van der Waals surface area contributed by atoms with Crippen molar-refractivity contribution in [3.63, 3.8) is 0 Å². The Hall–Kier alpha value is 0.733. The second kappa shape index (κ2) is 7.95. The maximum atomic E-state index is 11.2. The molecule has 0 aliphatic rings. The van der Waals surface area contributed by atoms with E-state index in [2.05, 4.69) is 0 Å². The minimum Gasteiger partial charge on any atom is -0.756 e. The molecule has 0 N–H and O–H groups in total. The minimum atomic E-state index is -4.09. The van der Waals surface area contributed by atoms with Gasteiger partial charge in [0.05, 0.1) is 12.2 Å². The number of phosphoric ester groups is 1. The van der Waals surface area contributed by atoms with Crippen molar-refractivity contribution in [3.05, 3.63) is 0 Å². The van der Waals surface area contributed by atoms with Crippen molar-refractivity contribution < 1.29 is 38.0 Å². The van der Waals surface area contributed by atoms with Gasteiger partial charge in [0.25, 0.3) is 7.82 Å². The molecule has 0 aromatic heterocycles. The van der Waals surface area contributed by atoms with Gasteiger partial charge in [-0.05, 0) is 26.7 Å². The summed E-state index contributed by atoms with van der Waals surface area (Å²) in [5.74, 6) is 0. The van der Waals surface area contributed by atoms with Crippen LogP contribution in [0.3, 0.4) is 0 Å². The van der Waals surface area contributed by atoms with Gasteiger partial charge < -0.3 is 13.9 Å². The molecule has 0 saturated heterocycles. The van der Waals surface area contributed by atoms with Crippen LogP contribution in [-0.2, 0) is 33.1 Å². The topological polar surface area (TPSA) is 58.6 Å². The van der Waals surface area contributed by atoms with Crippen molar-refractivity contribution in [2.75, 3.05) is 0 Å². The average Bonchev–Trinajstić information content (AvgIpc) is 2.02.